The summed E-state index contributed by atoms with van der Waals surface area (Å²) in [5, 5.41) is 15.4. The number of ether oxygens (including phenoxy) is 2. The van der Waals surface area contributed by atoms with Crippen molar-refractivity contribution in [2.24, 2.45) is 0 Å². The fourth-order valence-electron chi connectivity index (χ4n) is 5.28. The molecule has 9 nitrogen and oxygen atoms in total. The van der Waals surface area contributed by atoms with Crippen molar-refractivity contribution >= 4 is 22.5 Å². The minimum absolute atomic E-state index is 0.0272. The summed E-state index contributed by atoms with van der Waals surface area (Å²) in [6, 6.07) is 22.7. The fraction of sp³-hybridized carbons (Fsp3) is 0.323. The quantitative estimate of drug-likeness (QED) is 0.220. The summed E-state index contributed by atoms with van der Waals surface area (Å²) >= 11 is 0. The van der Waals surface area contributed by atoms with Crippen molar-refractivity contribution in [3.8, 4) is 5.75 Å². The predicted octanol–water partition coefficient (Wildman–Crippen LogP) is 4.58. The molecule has 0 saturated carbocycles. The first-order valence-corrected chi connectivity index (χ1v) is 13.5. The highest BCUT2D eigenvalue weighted by molar-refractivity contribution is 5.87. The largest absolute Gasteiger partial charge is 0.497 e. The van der Waals surface area contributed by atoms with Crippen molar-refractivity contribution in [2.75, 3.05) is 46.5 Å². The average molecular weight is 543 g/mol. The Balaban J connectivity index is 1.43. The summed E-state index contributed by atoms with van der Waals surface area (Å²) in [7, 11) is 1.65. The van der Waals surface area contributed by atoms with E-state index in [0.29, 0.717) is 13.1 Å². The van der Waals surface area contributed by atoms with Gasteiger partial charge in [0.2, 0.25) is 5.91 Å². The highest BCUT2D eigenvalue weighted by atomic mass is 16.6. The van der Waals surface area contributed by atoms with E-state index in [4.69, 9.17) is 9.47 Å². The number of para-hydroxylation sites is 1. The number of nitro groups is 1. The zero-order valence-corrected chi connectivity index (χ0v) is 22.6. The van der Waals surface area contributed by atoms with E-state index in [1.54, 1.807) is 19.2 Å². The number of aromatic nitrogens is 1. The lowest BCUT2D eigenvalue weighted by atomic mass is 9.88. The number of morpholine rings is 1. The van der Waals surface area contributed by atoms with E-state index < -0.39 is 4.92 Å². The molecule has 0 radical (unpaired) electrons. The maximum Gasteiger partial charge on any atom is 0.269 e. The normalized spacial score (nSPS) is 14.6. The van der Waals surface area contributed by atoms with Crippen LogP contribution in [0, 0.1) is 10.1 Å². The molecule has 5 rings (SSSR count). The van der Waals surface area contributed by atoms with E-state index in [1.807, 2.05) is 36.4 Å². The van der Waals surface area contributed by atoms with E-state index in [2.05, 4.69) is 33.1 Å². The van der Waals surface area contributed by atoms with Crippen LogP contribution in [0.3, 0.4) is 0 Å². The summed E-state index contributed by atoms with van der Waals surface area (Å²) in [5.74, 6) is 0.481. The van der Waals surface area contributed by atoms with Crippen LogP contribution in [-0.4, -0.2) is 66.8 Å². The standard InChI is InChI=1S/C31H34N4O5/c1-39-26-12-6-23(7-13-26)21-34-22-29(27-4-2-3-5-30(27)34)28(24-8-10-25(11-9-24)35(37)38)20-31(36)32-14-15-33-16-18-40-19-17-33/h2-13,22,28H,14-21H2,1H3,(H,32,36)/t28-/m1/s1. The van der Waals surface area contributed by atoms with E-state index in [0.717, 1.165) is 66.2 Å². The SMILES string of the molecule is COc1ccc(Cn2cc([C@H](CC(=O)NCCN3CCOCC3)c3ccc([N+](=O)[O-])cc3)c3ccccc32)cc1. The van der Waals surface area contributed by atoms with Crippen molar-refractivity contribution in [3.05, 3.63) is 106 Å². The monoisotopic (exact) mass is 542 g/mol. The van der Waals surface area contributed by atoms with Gasteiger partial charge >= 0.3 is 0 Å². The number of nitrogens with zero attached hydrogens (tertiary/aromatic N) is 3. The fourth-order valence-corrected chi connectivity index (χ4v) is 5.28. The lowest BCUT2D eigenvalue weighted by Gasteiger charge is -2.26. The lowest BCUT2D eigenvalue weighted by Crippen LogP contribution is -2.41. The van der Waals surface area contributed by atoms with Gasteiger partial charge in [-0.15, -0.1) is 0 Å². The maximum absolute atomic E-state index is 13.2. The number of amides is 1. The third-order valence-electron chi connectivity index (χ3n) is 7.46. The van der Waals surface area contributed by atoms with Crippen LogP contribution in [0.15, 0.2) is 79.0 Å². The molecular weight excluding hydrogens is 508 g/mol. The Bertz CT molecular complexity index is 1440. The van der Waals surface area contributed by atoms with Gasteiger partial charge in [-0.1, -0.05) is 42.5 Å². The van der Waals surface area contributed by atoms with Gasteiger partial charge in [0, 0.05) is 74.3 Å². The Kier molecular flexibility index (Phi) is 8.73. The number of hydrogen-bond acceptors (Lipinski definition) is 6. The van der Waals surface area contributed by atoms with E-state index >= 15 is 0 Å². The van der Waals surface area contributed by atoms with Crippen molar-refractivity contribution < 1.29 is 19.2 Å². The Hall–Kier alpha value is -4.21. The van der Waals surface area contributed by atoms with Crippen LogP contribution in [0.1, 0.15) is 29.0 Å². The van der Waals surface area contributed by atoms with Crippen LogP contribution in [0.4, 0.5) is 5.69 Å². The Morgan fingerprint density at radius 3 is 2.48 bits per heavy atom. The van der Waals surface area contributed by atoms with Crippen LogP contribution in [0.2, 0.25) is 0 Å². The molecule has 1 N–H and O–H groups in total. The van der Waals surface area contributed by atoms with Crippen molar-refractivity contribution in [1.82, 2.24) is 14.8 Å². The molecule has 4 aromatic rings. The third kappa shape index (κ3) is 6.50. The van der Waals surface area contributed by atoms with Crippen molar-refractivity contribution in [1.29, 1.82) is 0 Å². The predicted molar refractivity (Wildman–Crippen MR) is 154 cm³/mol. The lowest BCUT2D eigenvalue weighted by molar-refractivity contribution is -0.384. The summed E-state index contributed by atoms with van der Waals surface area (Å²) in [4.78, 5) is 26.4. The number of non-ortho nitro benzene ring substituents is 1. The Labute approximate surface area is 233 Å². The molecule has 0 aliphatic carbocycles. The van der Waals surface area contributed by atoms with E-state index in [9.17, 15) is 14.9 Å². The zero-order chi connectivity index (χ0) is 27.9. The second-order valence-electron chi connectivity index (χ2n) is 9.99. The van der Waals surface area contributed by atoms with Crippen LogP contribution < -0.4 is 10.1 Å². The van der Waals surface area contributed by atoms with Gasteiger partial charge in [-0.25, -0.2) is 0 Å². The molecule has 1 saturated heterocycles. The smallest absolute Gasteiger partial charge is 0.269 e. The second kappa shape index (κ2) is 12.8. The summed E-state index contributed by atoms with van der Waals surface area (Å²) in [6.07, 6.45) is 2.35. The molecule has 1 aliphatic heterocycles. The molecule has 40 heavy (non-hydrogen) atoms. The number of rotatable bonds is 11. The van der Waals surface area contributed by atoms with Gasteiger partial charge < -0.3 is 19.4 Å². The van der Waals surface area contributed by atoms with Crippen LogP contribution in [0.5, 0.6) is 5.75 Å². The molecule has 1 amide bonds. The number of carbonyl (C=O) groups is 1. The molecular formula is C31H34N4O5. The Morgan fingerprint density at radius 1 is 1.05 bits per heavy atom. The minimum atomic E-state index is -0.405. The van der Waals surface area contributed by atoms with Gasteiger partial charge in [-0.2, -0.15) is 0 Å². The topological polar surface area (TPSA) is 98.9 Å². The van der Waals surface area contributed by atoms with E-state index in [-0.39, 0.29) is 23.9 Å². The van der Waals surface area contributed by atoms with E-state index in [1.165, 1.54) is 12.1 Å². The van der Waals surface area contributed by atoms with Gasteiger partial charge in [0.1, 0.15) is 5.75 Å². The maximum atomic E-state index is 13.2. The van der Waals surface area contributed by atoms with Crippen molar-refractivity contribution in [3.63, 3.8) is 0 Å². The van der Waals surface area contributed by atoms with Crippen LogP contribution in [0.25, 0.3) is 10.9 Å². The zero-order valence-electron chi connectivity index (χ0n) is 22.6. The Morgan fingerprint density at radius 2 is 1.77 bits per heavy atom. The molecule has 1 aliphatic rings. The molecule has 2 heterocycles. The number of benzene rings is 3. The average Bonchev–Trinajstić information content (AvgIpc) is 3.35. The molecule has 9 heteroatoms. The van der Waals surface area contributed by atoms with Gasteiger partial charge in [-0.05, 0) is 34.9 Å². The highest BCUT2D eigenvalue weighted by Crippen LogP contribution is 2.36. The molecule has 1 atom stereocenters. The first-order chi connectivity index (χ1) is 19.5. The summed E-state index contributed by atoms with van der Waals surface area (Å²) in [6.45, 7) is 5.17. The van der Waals surface area contributed by atoms with Crippen LogP contribution in [-0.2, 0) is 16.1 Å². The second-order valence-corrected chi connectivity index (χ2v) is 9.99. The molecule has 1 fully saturated rings. The van der Waals surface area contributed by atoms with Gasteiger partial charge in [0.05, 0.1) is 25.2 Å². The number of nitro benzene ring substituents is 1. The number of nitrogens with one attached hydrogen (secondary N) is 1. The number of hydrogen-bond donors (Lipinski definition) is 1. The number of carbonyl (C=O) groups excluding carboxylic acids is 1. The molecule has 3 aromatic carbocycles. The molecule has 0 bridgehead atoms. The number of fused-ring (bicyclic) bond motifs is 1. The summed E-state index contributed by atoms with van der Waals surface area (Å²) < 4.78 is 12.9. The first-order valence-electron chi connectivity index (χ1n) is 13.5. The van der Waals surface area contributed by atoms with Gasteiger partial charge in [-0.3, -0.25) is 19.8 Å². The molecule has 208 valence electrons. The molecule has 0 unspecified atom stereocenters. The minimum Gasteiger partial charge on any atom is -0.497 e. The van der Waals surface area contributed by atoms with Gasteiger partial charge in [0.15, 0.2) is 0 Å². The number of methoxy groups -OCH3 is 1. The van der Waals surface area contributed by atoms with Gasteiger partial charge in [0.25, 0.3) is 5.69 Å². The molecule has 1 aromatic heterocycles. The summed E-state index contributed by atoms with van der Waals surface area (Å²) in [5.41, 5.74) is 4.09. The first kappa shape index (κ1) is 27.4. The van der Waals surface area contributed by atoms with Crippen LogP contribution >= 0.6 is 0 Å². The third-order valence-corrected chi connectivity index (χ3v) is 7.46. The highest BCUT2D eigenvalue weighted by Gasteiger charge is 2.24. The van der Waals surface area contributed by atoms with Crippen molar-refractivity contribution in [2.45, 2.75) is 18.9 Å². The molecule has 0 spiro atoms.